The summed E-state index contributed by atoms with van der Waals surface area (Å²) in [4.78, 5) is 28.0. The summed E-state index contributed by atoms with van der Waals surface area (Å²) < 4.78 is 11.2. The lowest BCUT2D eigenvalue weighted by Gasteiger charge is -2.32. The fraction of sp³-hybridized carbons (Fsp3) is 0.130. The van der Waals surface area contributed by atoms with E-state index in [-0.39, 0.29) is 46.1 Å². The summed E-state index contributed by atoms with van der Waals surface area (Å²) in [6, 6.07) is 15.7. The summed E-state index contributed by atoms with van der Waals surface area (Å²) in [6.07, 6.45) is 0.0855. The van der Waals surface area contributed by atoms with Gasteiger partial charge in [0.05, 0.1) is 31.2 Å². The maximum atomic E-state index is 14.0. The van der Waals surface area contributed by atoms with Crippen LogP contribution in [0.25, 0.3) is 0 Å². The van der Waals surface area contributed by atoms with Crippen LogP contribution >= 0.6 is 54.9 Å². The molecule has 3 nitrogen and oxygen atoms in total. The van der Waals surface area contributed by atoms with Crippen molar-refractivity contribution < 1.29 is 14.2 Å². The number of Topliss-reactive ketones (excluding diaryl/α,β-unsaturated/α-hetero) is 2. The van der Waals surface area contributed by atoms with Gasteiger partial charge in [0, 0.05) is 5.30 Å². The Morgan fingerprint density at radius 1 is 0.742 bits per heavy atom. The SMILES string of the molecule is CCC(C(=O)c1c(Cl)cccc1Cl)(C(=O)c1c(Cl)cccc1Cl)c1ccc(P=O)cc1. The molecule has 0 spiro atoms. The third kappa shape index (κ3) is 4.31. The van der Waals surface area contributed by atoms with Crippen molar-refractivity contribution in [2.45, 2.75) is 18.8 Å². The Kier molecular flexibility index (Phi) is 7.57. The van der Waals surface area contributed by atoms with Crippen molar-refractivity contribution in [1.82, 2.24) is 0 Å². The lowest BCUT2D eigenvalue weighted by Crippen LogP contribution is -2.44. The number of carbonyl (C=O) groups excluding carboxylic acids is 2. The lowest BCUT2D eigenvalue weighted by atomic mass is 9.67. The third-order valence-electron chi connectivity index (χ3n) is 5.15. The van der Waals surface area contributed by atoms with Crippen LogP contribution in [0.15, 0.2) is 60.7 Å². The van der Waals surface area contributed by atoms with E-state index in [4.69, 9.17) is 46.4 Å². The molecule has 0 aliphatic heterocycles. The van der Waals surface area contributed by atoms with Crippen molar-refractivity contribution in [3.8, 4) is 0 Å². The van der Waals surface area contributed by atoms with Crippen molar-refractivity contribution in [3.05, 3.63) is 97.4 Å². The average Bonchev–Trinajstić information content (AvgIpc) is 2.75. The summed E-state index contributed by atoms with van der Waals surface area (Å²) >= 11 is 25.3. The second-order valence-corrected chi connectivity index (χ2v) is 9.08. The van der Waals surface area contributed by atoms with Crippen molar-refractivity contribution in [2.24, 2.45) is 0 Å². The molecular weight excluding hydrogens is 497 g/mol. The molecule has 0 aliphatic rings. The van der Waals surface area contributed by atoms with E-state index in [0.717, 1.165) is 0 Å². The summed E-state index contributed by atoms with van der Waals surface area (Å²) in [7, 11) is -0.178. The zero-order valence-electron chi connectivity index (χ0n) is 16.2. The van der Waals surface area contributed by atoms with Gasteiger partial charge in [0.2, 0.25) is 0 Å². The van der Waals surface area contributed by atoms with Gasteiger partial charge in [-0.25, -0.2) is 0 Å². The van der Waals surface area contributed by atoms with Crippen LogP contribution in [0.4, 0.5) is 0 Å². The molecule has 0 saturated heterocycles. The summed E-state index contributed by atoms with van der Waals surface area (Å²) in [5, 5.41) is 1.01. The number of hydrogen-bond donors (Lipinski definition) is 0. The largest absolute Gasteiger partial charge is 0.293 e. The maximum Gasteiger partial charge on any atom is 0.192 e. The lowest BCUT2D eigenvalue weighted by molar-refractivity contribution is 0.0756. The Bertz CT molecular complexity index is 1070. The topological polar surface area (TPSA) is 51.2 Å². The molecule has 0 N–H and O–H groups in total. The van der Waals surface area contributed by atoms with Gasteiger partial charge in [-0.1, -0.05) is 77.6 Å². The molecule has 0 aliphatic carbocycles. The van der Waals surface area contributed by atoms with Gasteiger partial charge < -0.3 is 0 Å². The van der Waals surface area contributed by atoms with E-state index >= 15 is 0 Å². The van der Waals surface area contributed by atoms with Crippen LogP contribution in [0.3, 0.4) is 0 Å². The van der Waals surface area contributed by atoms with Crippen LogP contribution in [-0.2, 0) is 9.98 Å². The normalized spacial score (nSPS) is 11.5. The predicted molar refractivity (Wildman–Crippen MR) is 127 cm³/mol. The molecule has 0 fully saturated rings. The van der Waals surface area contributed by atoms with Gasteiger partial charge in [-0.2, -0.15) is 0 Å². The summed E-state index contributed by atoms with van der Waals surface area (Å²) in [6.45, 7) is 1.71. The zero-order chi connectivity index (χ0) is 22.8. The minimum atomic E-state index is -1.71. The maximum absolute atomic E-state index is 14.0. The second-order valence-electron chi connectivity index (χ2n) is 6.75. The number of benzene rings is 3. The third-order valence-corrected chi connectivity index (χ3v) is 6.92. The molecule has 0 radical (unpaired) electrons. The average molecular weight is 512 g/mol. The first-order valence-electron chi connectivity index (χ1n) is 9.19. The molecule has 0 heterocycles. The van der Waals surface area contributed by atoms with E-state index in [2.05, 4.69) is 0 Å². The monoisotopic (exact) mass is 510 g/mol. The summed E-state index contributed by atoms with van der Waals surface area (Å²) in [5.41, 5.74) is -1.24. The number of carbonyl (C=O) groups is 2. The van der Waals surface area contributed by atoms with Gasteiger partial charge >= 0.3 is 0 Å². The molecule has 0 atom stereocenters. The van der Waals surface area contributed by atoms with E-state index in [1.54, 1.807) is 43.3 Å². The van der Waals surface area contributed by atoms with Crippen molar-refractivity contribution >= 4 is 71.7 Å². The quantitative estimate of drug-likeness (QED) is 0.186. The van der Waals surface area contributed by atoms with E-state index in [0.29, 0.717) is 10.9 Å². The molecule has 0 amide bonds. The highest BCUT2D eigenvalue weighted by atomic mass is 35.5. The first kappa shape index (κ1) is 23.9. The van der Waals surface area contributed by atoms with Gasteiger partial charge in [-0.15, -0.1) is 0 Å². The van der Waals surface area contributed by atoms with E-state index in [1.807, 2.05) is 0 Å². The van der Waals surface area contributed by atoms with Crippen LogP contribution in [0.5, 0.6) is 0 Å². The van der Waals surface area contributed by atoms with Crippen molar-refractivity contribution in [3.63, 3.8) is 0 Å². The highest BCUT2D eigenvalue weighted by Crippen LogP contribution is 2.41. The number of halogens is 4. The minimum Gasteiger partial charge on any atom is -0.293 e. The molecule has 158 valence electrons. The Morgan fingerprint density at radius 2 is 1.13 bits per heavy atom. The molecule has 0 unspecified atom stereocenters. The molecule has 3 aromatic carbocycles. The first-order chi connectivity index (χ1) is 14.8. The van der Waals surface area contributed by atoms with Gasteiger partial charge in [0.25, 0.3) is 0 Å². The van der Waals surface area contributed by atoms with Crippen LogP contribution in [0, 0.1) is 0 Å². The first-order valence-corrected chi connectivity index (χ1v) is 11.5. The van der Waals surface area contributed by atoms with Gasteiger partial charge in [-0.05, 0) is 48.4 Å². The van der Waals surface area contributed by atoms with Crippen LogP contribution in [0.2, 0.25) is 20.1 Å². The predicted octanol–water partition coefficient (Wildman–Crippen LogP) is 7.63. The molecule has 8 heteroatoms. The zero-order valence-corrected chi connectivity index (χ0v) is 20.1. The number of rotatable bonds is 7. The molecular formula is C23H15Cl4O3P. The number of hydrogen-bond acceptors (Lipinski definition) is 3. The van der Waals surface area contributed by atoms with Crippen molar-refractivity contribution in [1.29, 1.82) is 0 Å². The van der Waals surface area contributed by atoms with E-state index in [1.165, 1.54) is 24.3 Å². The molecule has 3 rings (SSSR count). The Balaban J connectivity index is 2.35. The standard InChI is InChI=1S/C23H15Cl4O3P/c1-2-23(13-9-11-14(31-30)12-10-13,21(28)19-15(24)5-3-6-16(19)25)22(29)20-17(26)7-4-8-18(20)27/h3-12H,2H2,1H3. The second kappa shape index (κ2) is 9.81. The molecule has 0 bridgehead atoms. The summed E-state index contributed by atoms with van der Waals surface area (Å²) in [5.74, 6) is -1.14. The fourth-order valence-electron chi connectivity index (χ4n) is 3.55. The number of ketones is 2. The van der Waals surface area contributed by atoms with Gasteiger partial charge in [-0.3, -0.25) is 14.2 Å². The molecule has 31 heavy (non-hydrogen) atoms. The molecule has 0 aromatic heterocycles. The smallest absolute Gasteiger partial charge is 0.192 e. The van der Waals surface area contributed by atoms with Gasteiger partial charge in [0.15, 0.2) is 20.0 Å². The van der Waals surface area contributed by atoms with Gasteiger partial charge in [0.1, 0.15) is 5.41 Å². The highest BCUT2D eigenvalue weighted by molar-refractivity contribution is 7.34. The molecule has 3 aromatic rings. The Morgan fingerprint density at radius 3 is 1.45 bits per heavy atom. The van der Waals surface area contributed by atoms with Crippen LogP contribution < -0.4 is 5.30 Å². The highest BCUT2D eigenvalue weighted by Gasteiger charge is 2.48. The Hall–Kier alpha value is -1.74. The fourth-order valence-corrected chi connectivity index (χ4v) is 4.96. The van der Waals surface area contributed by atoms with E-state index < -0.39 is 17.0 Å². The molecule has 0 saturated carbocycles. The minimum absolute atomic E-state index is 0.0373. The Labute approximate surface area is 201 Å². The van der Waals surface area contributed by atoms with Crippen LogP contribution in [0.1, 0.15) is 39.6 Å². The van der Waals surface area contributed by atoms with Crippen molar-refractivity contribution in [2.75, 3.05) is 0 Å². The van der Waals surface area contributed by atoms with E-state index in [9.17, 15) is 14.2 Å². The van der Waals surface area contributed by atoms with Crippen LogP contribution in [-0.4, -0.2) is 11.6 Å².